The molecule has 40 heavy (non-hydrogen) atoms. The molecule has 5 rings (SSSR count). The number of fused-ring (bicyclic) bond motifs is 2. The van der Waals surface area contributed by atoms with Crippen LogP contribution in [0.3, 0.4) is 0 Å². The number of aromatic nitrogens is 4. The van der Waals surface area contributed by atoms with Crippen molar-refractivity contribution in [2.24, 2.45) is 12.8 Å². The lowest BCUT2D eigenvalue weighted by Gasteiger charge is -2.22. The van der Waals surface area contributed by atoms with E-state index in [1.165, 1.54) is 9.25 Å². The van der Waals surface area contributed by atoms with Gasteiger partial charge in [-0.25, -0.2) is 22.2 Å². The summed E-state index contributed by atoms with van der Waals surface area (Å²) in [6, 6.07) is 14.6. The second kappa shape index (κ2) is 10.2. The van der Waals surface area contributed by atoms with Crippen molar-refractivity contribution in [2.45, 2.75) is 18.8 Å². The molecule has 3 aromatic carbocycles. The van der Waals surface area contributed by atoms with Gasteiger partial charge in [0.25, 0.3) is 5.56 Å². The van der Waals surface area contributed by atoms with Crippen LogP contribution in [0.1, 0.15) is 23.7 Å². The van der Waals surface area contributed by atoms with Crippen molar-refractivity contribution < 1.29 is 22.0 Å². The van der Waals surface area contributed by atoms with E-state index in [4.69, 9.17) is 10.7 Å². The number of hydrogen-bond donors (Lipinski definition) is 2. The van der Waals surface area contributed by atoms with Crippen LogP contribution in [0.5, 0.6) is 0 Å². The van der Waals surface area contributed by atoms with E-state index >= 15 is 0 Å². The topological polar surface area (TPSA) is 142 Å². The Kier molecular flexibility index (Phi) is 6.84. The summed E-state index contributed by atoms with van der Waals surface area (Å²) in [7, 11) is -2.07. The lowest BCUT2D eigenvalue weighted by Crippen LogP contribution is -2.29. The summed E-state index contributed by atoms with van der Waals surface area (Å²) in [6.45, 7) is 0. The number of amides is 1. The molecule has 0 aliphatic heterocycles. The number of halogens is 2. The average Bonchev–Trinajstić information content (AvgIpc) is 3.16. The second-order valence-corrected chi connectivity index (χ2v) is 11.2. The van der Waals surface area contributed by atoms with Gasteiger partial charge < -0.3 is 5.73 Å². The van der Waals surface area contributed by atoms with E-state index in [-0.39, 0.29) is 35.4 Å². The summed E-state index contributed by atoms with van der Waals surface area (Å²) in [5.41, 5.74) is 6.43. The van der Waals surface area contributed by atoms with Crippen LogP contribution in [0.15, 0.2) is 65.5 Å². The molecule has 2 heterocycles. The van der Waals surface area contributed by atoms with Crippen molar-refractivity contribution in [3.05, 3.63) is 94.0 Å². The number of benzene rings is 3. The molecular formula is C27H24F2N6O4S. The molecule has 1 atom stereocenters. The fourth-order valence-electron chi connectivity index (χ4n) is 4.92. The van der Waals surface area contributed by atoms with Gasteiger partial charge in [0.2, 0.25) is 15.9 Å². The lowest BCUT2D eigenvalue weighted by atomic mass is 9.94. The van der Waals surface area contributed by atoms with Crippen LogP contribution >= 0.6 is 0 Å². The number of rotatable bonds is 8. The van der Waals surface area contributed by atoms with Crippen LogP contribution in [0.2, 0.25) is 0 Å². The van der Waals surface area contributed by atoms with Crippen LogP contribution in [-0.2, 0) is 28.3 Å². The zero-order valence-electron chi connectivity index (χ0n) is 21.4. The SMILES string of the molecule is Cn1nc(NS(C)(=O)=O)c2cccc(-n3c([C@H](CC(N)=O)Cc4cc(F)cc(F)c4)nc4ccccc4c3=O)c21. The molecular weight excluding hydrogens is 542 g/mol. The number of carbonyl (C=O) groups excluding carboxylic acids is 1. The van der Waals surface area contributed by atoms with E-state index in [9.17, 15) is 26.8 Å². The smallest absolute Gasteiger partial charge is 0.266 e. The normalized spacial score (nSPS) is 12.6. The summed E-state index contributed by atoms with van der Waals surface area (Å²) in [6.07, 6.45) is 0.673. The molecule has 0 unspecified atom stereocenters. The summed E-state index contributed by atoms with van der Waals surface area (Å²) in [5, 5.41) is 5.00. The van der Waals surface area contributed by atoms with Gasteiger partial charge in [-0.05, 0) is 48.4 Å². The minimum Gasteiger partial charge on any atom is -0.370 e. The number of para-hydroxylation sites is 2. The van der Waals surface area contributed by atoms with Gasteiger partial charge in [-0.15, -0.1) is 0 Å². The Morgan fingerprint density at radius 1 is 1.05 bits per heavy atom. The molecule has 0 saturated carbocycles. The lowest BCUT2D eigenvalue weighted by molar-refractivity contribution is -0.118. The predicted octanol–water partition coefficient (Wildman–Crippen LogP) is 3.12. The Balaban J connectivity index is 1.82. The third kappa shape index (κ3) is 5.27. The highest BCUT2D eigenvalue weighted by molar-refractivity contribution is 7.92. The maximum absolute atomic E-state index is 14.0. The molecule has 0 spiro atoms. The van der Waals surface area contributed by atoms with E-state index in [1.54, 1.807) is 49.5 Å². The summed E-state index contributed by atoms with van der Waals surface area (Å²) >= 11 is 0. The molecule has 206 valence electrons. The first-order valence-corrected chi connectivity index (χ1v) is 14.0. The molecule has 13 heteroatoms. The Morgan fingerprint density at radius 3 is 2.40 bits per heavy atom. The van der Waals surface area contributed by atoms with E-state index in [1.807, 2.05) is 0 Å². The molecule has 0 bridgehead atoms. The van der Waals surface area contributed by atoms with Crippen LogP contribution < -0.4 is 16.0 Å². The maximum atomic E-state index is 14.0. The van der Waals surface area contributed by atoms with Gasteiger partial charge in [-0.3, -0.25) is 23.6 Å². The zero-order valence-corrected chi connectivity index (χ0v) is 22.2. The van der Waals surface area contributed by atoms with Crippen LogP contribution in [0, 0.1) is 11.6 Å². The minimum absolute atomic E-state index is 0.0509. The first-order chi connectivity index (χ1) is 18.9. The van der Waals surface area contributed by atoms with Gasteiger partial charge in [0.15, 0.2) is 5.82 Å². The Bertz CT molecular complexity index is 1950. The number of aryl methyl sites for hydroxylation is 1. The molecule has 0 saturated heterocycles. The highest BCUT2D eigenvalue weighted by Gasteiger charge is 2.26. The number of anilines is 1. The highest BCUT2D eigenvalue weighted by atomic mass is 32.2. The number of primary amides is 1. The first kappa shape index (κ1) is 26.9. The van der Waals surface area contributed by atoms with E-state index < -0.39 is 39.0 Å². The molecule has 2 aromatic heterocycles. The van der Waals surface area contributed by atoms with E-state index in [0.717, 1.165) is 24.5 Å². The summed E-state index contributed by atoms with van der Waals surface area (Å²) in [5.74, 6) is -2.93. The molecule has 0 aliphatic carbocycles. The second-order valence-electron chi connectivity index (χ2n) is 9.50. The van der Waals surface area contributed by atoms with Gasteiger partial charge in [-0.1, -0.05) is 18.2 Å². The highest BCUT2D eigenvalue weighted by Crippen LogP contribution is 2.32. The number of nitrogens with one attached hydrogen (secondary N) is 1. The van der Waals surface area contributed by atoms with Crippen molar-refractivity contribution in [1.82, 2.24) is 19.3 Å². The monoisotopic (exact) mass is 566 g/mol. The number of hydrogen-bond acceptors (Lipinski definition) is 6. The van der Waals surface area contributed by atoms with E-state index in [2.05, 4.69) is 9.82 Å². The zero-order chi connectivity index (χ0) is 28.8. The van der Waals surface area contributed by atoms with Gasteiger partial charge in [-0.2, -0.15) is 5.10 Å². The first-order valence-electron chi connectivity index (χ1n) is 12.1. The Labute approximate surface area is 227 Å². The van der Waals surface area contributed by atoms with E-state index in [0.29, 0.717) is 22.1 Å². The minimum atomic E-state index is -3.67. The average molecular weight is 567 g/mol. The Hall–Kier alpha value is -4.65. The molecule has 5 aromatic rings. The van der Waals surface area contributed by atoms with Crippen LogP contribution in [-0.4, -0.2) is 39.9 Å². The summed E-state index contributed by atoms with van der Waals surface area (Å²) in [4.78, 5) is 31.0. The molecule has 10 nitrogen and oxygen atoms in total. The molecule has 0 fully saturated rings. The van der Waals surface area contributed by atoms with Crippen LogP contribution in [0.25, 0.3) is 27.5 Å². The van der Waals surface area contributed by atoms with Crippen molar-refractivity contribution in [2.75, 3.05) is 11.0 Å². The van der Waals surface area contributed by atoms with Crippen molar-refractivity contribution >= 4 is 43.6 Å². The number of nitrogens with two attached hydrogens (primary N) is 1. The Morgan fingerprint density at radius 2 is 1.73 bits per heavy atom. The molecule has 3 N–H and O–H groups in total. The standard InChI is InChI=1S/C27H24F2N6O4S/c1-34-24-20(25(32-34)33-40(2,38)39)7-5-9-22(24)35-26(31-21-8-4-3-6-19(21)27(35)37)16(13-23(30)36)10-15-11-17(28)14-18(29)12-15/h3-9,11-12,14,16H,10,13H2,1-2H3,(H2,30,36)(H,32,33)/t16-/m0/s1. The largest absolute Gasteiger partial charge is 0.370 e. The van der Waals surface area contributed by atoms with Gasteiger partial charge >= 0.3 is 0 Å². The number of nitrogens with zero attached hydrogens (tertiary/aromatic N) is 4. The third-order valence-electron chi connectivity index (χ3n) is 6.39. The van der Waals surface area contributed by atoms with Crippen molar-refractivity contribution in [3.8, 4) is 5.69 Å². The van der Waals surface area contributed by atoms with Gasteiger partial charge in [0, 0.05) is 30.8 Å². The van der Waals surface area contributed by atoms with Crippen LogP contribution in [0.4, 0.5) is 14.6 Å². The fraction of sp³-hybridized carbons (Fsp3) is 0.185. The predicted molar refractivity (Wildman–Crippen MR) is 147 cm³/mol. The van der Waals surface area contributed by atoms with Crippen molar-refractivity contribution in [1.29, 1.82) is 0 Å². The fourth-order valence-corrected chi connectivity index (χ4v) is 5.42. The van der Waals surface area contributed by atoms with Gasteiger partial charge in [0.1, 0.15) is 17.5 Å². The third-order valence-corrected chi connectivity index (χ3v) is 6.95. The number of sulfonamides is 1. The van der Waals surface area contributed by atoms with Gasteiger partial charge in [0.05, 0.1) is 28.4 Å². The maximum Gasteiger partial charge on any atom is 0.266 e. The molecule has 1 amide bonds. The molecule has 0 aliphatic rings. The molecule has 0 radical (unpaired) electrons. The summed E-state index contributed by atoms with van der Waals surface area (Å²) < 4.78 is 57.1. The number of carbonyl (C=O) groups is 1. The van der Waals surface area contributed by atoms with Crippen molar-refractivity contribution in [3.63, 3.8) is 0 Å². The quantitative estimate of drug-likeness (QED) is 0.296.